The summed E-state index contributed by atoms with van der Waals surface area (Å²) in [5, 5.41) is 3.93. The highest BCUT2D eigenvalue weighted by atomic mass is 32.2. The summed E-state index contributed by atoms with van der Waals surface area (Å²) in [4.78, 5) is 17.8. The number of carbonyl (C=O) groups is 1. The molecule has 0 amide bonds. The second-order valence-electron chi connectivity index (χ2n) is 6.38. The van der Waals surface area contributed by atoms with Gasteiger partial charge < -0.3 is 19.9 Å². The van der Waals surface area contributed by atoms with Crippen LogP contribution < -0.4 is 10.2 Å². The first-order valence-electron chi connectivity index (χ1n) is 9.33. The minimum Gasteiger partial charge on any atom is -0.462 e. The van der Waals surface area contributed by atoms with Crippen LogP contribution in [0.1, 0.15) is 17.3 Å². The molecule has 1 aliphatic rings. The largest absolute Gasteiger partial charge is 0.462 e. The summed E-state index contributed by atoms with van der Waals surface area (Å²) in [5.41, 5.74) is 2.61. The number of thioether (sulfide) groups is 1. The summed E-state index contributed by atoms with van der Waals surface area (Å²) in [6.45, 7) is 5.70. The molecule has 3 rings (SSSR count). The molecule has 1 fully saturated rings. The molecule has 0 aliphatic carbocycles. The van der Waals surface area contributed by atoms with Crippen LogP contribution >= 0.6 is 24.0 Å². The fourth-order valence-corrected chi connectivity index (χ4v) is 4.10. The van der Waals surface area contributed by atoms with E-state index in [2.05, 4.69) is 45.6 Å². The standard InChI is InChI=1S/C21H25N3O2S2/c1-3-26-20(25)16-7-6-8-17(15-16)22-21(27)24-13-11-23(12-14-24)18-9-4-5-10-19(18)28-2/h4-10,15H,3,11-14H2,1-2H3,(H,22,27). The lowest BCUT2D eigenvalue weighted by Crippen LogP contribution is -2.50. The molecule has 1 aliphatic heterocycles. The number of carbonyl (C=O) groups excluding carboxylic acids is 1. The molecule has 1 saturated heterocycles. The average molecular weight is 416 g/mol. The van der Waals surface area contributed by atoms with Gasteiger partial charge in [-0.2, -0.15) is 0 Å². The zero-order chi connectivity index (χ0) is 19.9. The zero-order valence-corrected chi connectivity index (χ0v) is 17.8. The van der Waals surface area contributed by atoms with Gasteiger partial charge >= 0.3 is 5.97 Å². The SMILES string of the molecule is CCOC(=O)c1cccc(NC(=S)N2CCN(c3ccccc3SC)CC2)c1. The number of ether oxygens (including phenoxy) is 1. The van der Waals surface area contributed by atoms with E-state index in [1.807, 2.05) is 12.1 Å². The van der Waals surface area contributed by atoms with Crippen LogP contribution in [0.25, 0.3) is 0 Å². The molecule has 1 heterocycles. The predicted octanol–water partition coefficient (Wildman–Crippen LogP) is 4.10. The van der Waals surface area contributed by atoms with E-state index in [0.717, 1.165) is 31.9 Å². The van der Waals surface area contributed by atoms with Crippen molar-refractivity contribution in [3.63, 3.8) is 0 Å². The molecule has 5 nitrogen and oxygen atoms in total. The average Bonchev–Trinajstić information content (AvgIpc) is 2.74. The number of piperazine rings is 1. The van der Waals surface area contributed by atoms with Crippen molar-refractivity contribution in [1.82, 2.24) is 4.90 Å². The lowest BCUT2D eigenvalue weighted by Gasteiger charge is -2.38. The lowest BCUT2D eigenvalue weighted by molar-refractivity contribution is 0.0526. The fraction of sp³-hybridized carbons (Fsp3) is 0.333. The van der Waals surface area contributed by atoms with E-state index in [9.17, 15) is 4.79 Å². The van der Waals surface area contributed by atoms with Crippen molar-refractivity contribution in [2.45, 2.75) is 11.8 Å². The Bertz CT molecular complexity index is 836. The number of esters is 1. The quantitative estimate of drug-likeness (QED) is 0.448. The summed E-state index contributed by atoms with van der Waals surface area (Å²) in [6.07, 6.45) is 2.11. The van der Waals surface area contributed by atoms with E-state index >= 15 is 0 Å². The van der Waals surface area contributed by atoms with Crippen molar-refractivity contribution in [2.75, 3.05) is 49.3 Å². The third kappa shape index (κ3) is 4.97. The van der Waals surface area contributed by atoms with Gasteiger partial charge in [0.25, 0.3) is 0 Å². The molecule has 0 radical (unpaired) electrons. The Hall–Kier alpha value is -2.25. The van der Waals surface area contributed by atoms with Crippen LogP contribution in [0, 0.1) is 0 Å². The predicted molar refractivity (Wildman–Crippen MR) is 121 cm³/mol. The Morgan fingerprint density at radius 1 is 1.14 bits per heavy atom. The molecule has 0 aromatic heterocycles. The molecule has 0 bridgehead atoms. The summed E-state index contributed by atoms with van der Waals surface area (Å²) < 4.78 is 5.06. The highest BCUT2D eigenvalue weighted by Crippen LogP contribution is 2.29. The van der Waals surface area contributed by atoms with Gasteiger partial charge in [0.2, 0.25) is 0 Å². The van der Waals surface area contributed by atoms with Crippen LogP contribution in [0.5, 0.6) is 0 Å². The normalized spacial score (nSPS) is 13.9. The number of hydrogen-bond acceptors (Lipinski definition) is 5. The number of thiocarbonyl (C=S) groups is 1. The molecule has 28 heavy (non-hydrogen) atoms. The van der Waals surface area contributed by atoms with Gasteiger partial charge in [-0.15, -0.1) is 11.8 Å². The molecule has 7 heteroatoms. The van der Waals surface area contributed by atoms with Crippen LogP contribution in [0.4, 0.5) is 11.4 Å². The van der Waals surface area contributed by atoms with Crippen LogP contribution in [0.2, 0.25) is 0 Å². The minimum absolute atomic E-state index is 0.321. The van der Waals surface area contributed by atoms with Gasteiger partial charge in [0.15, 0.2) is 5.11 Å². The highest BCUT2D eigenvalue weighted by molar-refractivity contribution is 7.98. The third-order valence-electron chi connectivity index (χ3n) is 4.62. The third-order valence-corrected chi connectivity index (χ3v) is 5.76. The topological polar surface area (TPSA) is 44.8 Å². The van der Waals surface area contributed by atoms with Gasteiger partial charge in [-0.25, -0.2) is 4.79 Å². The number of rotatable bonds is 5. The summed E-state index contributed by atoms with van der Waals surface area (Å²) >= 11 is 7.37. The van der Waals surface area contributed by atoms with E-state index in [1.165, 1.54) is 10.6 Å². The molecule has 0 spiro atoms. The van der Waals surface area contributed by atoms with Crippen LogP contribution in [0.15, 0.2) is 53.4 Å². The Balaban J connectivity index is 1.58. The maximum absolute atomic E-state index is 11.9. The van der Waals surface area contributed by atoms with Crippen LogP contribution in [-0.4, -0.2) is 55.0 Å². The molecule has 0 atom stereocenters. The van der Waals surface area contributed by atoms with Crippen LogP contribution in [-0.2, 0) is 4.74 Å². The Morgan fingerprint density at radius 2 is 1.89 bits per heavy atom. The van der Waals surface area contributed by atoms with E-state index in [1.54, 1.807) is 30.8 Å². The van der Waals surface area contributed by atoms with E-state index in [-0.39, 0.29) is 5.97 Å². The lowest BCUT2D eigenvalue weighted by atomic mass is 10.2. The van der Waals surface area contributed by atoms with Gasteiger partial charge in [0.1, 0.15) is 0 Å². The molecule has 1 N–H and O–H groups in total. The molecular formula is C21H25N3O2S2. The first-order valence-corrected chi connectivity index (χ1v) is 11.0. The number of hydrogen-bond donors (Lipinski definition) is 1. The van der Waals surface area contributed by atoms with E-state index in [0.29, 0.717) is 17.3 Å². The Morgan fingerprint density at radius 3 is 2.61 bits per heavy atom. The monoisotopic (exact) mass is 415 g/mol. The van der Waals surface area contributed by atoms with Gasteiger partial charge in [0.05, 0.1) is 17.9 Å². The number of nitrogens with zero attached hydrogens (tertiary/aromatic N) is 2. The van der Waals surface area contributed by atoms with Gasteiger partial charge in [-0.3, -0.25) is 0 Å². The molecule has 2 aromatic carbocycles. The number of nitrogens with one attached hydrogen (secondary N) is 1. The second kappa shape index (κ2) is 9.80. The number of benzene rings is 2. The van der Waals surface area contributed by atoms with Crippen molar-refractivity contribution in [3.05, 3.63) is 54.1 Å². The summed E-state index contributed by atoms with van der Waals surface area (Å²) in [5.74, 6) is -0.321. The zero-order valence-electron chi connectivity index (χ0n) is 16.2. The second-order valence-corrected chi connectivity index (χ2v) is 7.61. The van der Waals surface area contributed by atoms with Crippen LogP contribution in [0.3, 0.4) is 0 Å². The van der Waals surface area contributed by atoms with Gasteiger partial charge in [0, 0.05) is 36.8 Å². The maximum Gasteiger partial charge on any atom is 0.338 e. The molecule has 0 unspecified atom stereocenters. The Kier molecular flexibility index (Phi) is 7.17. The van der Waals surface area contributed by atoms with Crippen molar-refractivity contribution in [2.24, 2.45) is 0 Å². The first kappa shape index (κ1) is 20.5. The number of anilines is 2. The van der Waals surface area contributed by atoms with Crippen molar-refractivity contribution >= 4 is 46.4 Å². The molecule has 148 valence electrons. The fourth-order valence-electron chi connectivity index (χ4n) is 3.18. The van der Waals surface area contributed by atoms with Crippen molar-refractivity contribution < 1.29 is 9.53 Å². The molecule has 0 saturated carbocycles. The minimum atomic E-state index is -0.321. The molecular weight excluding hydrogens is 390 g/mol. The maximum atomic E-state index is 11.9. The highest BCUT2D eigenvalue weighted by Gasteiger charge is 2.21. The smallest absolute Gasteiger partial charge is 0.338 e. The van der Waals surface area contributed by atoms with E-state index < -0.39 is 0 Å². The van der Waals surface area contributed by atoms with E-state index in [4.69, 9.17) is 17.0 Å². The Labute approximate surface area is 176 Å². The van der Waals surface area contributed by atoms with Gasteiger partial charge in [-0.1, -0.05) is 18.2 Å². The number of para-hydroxylation sites is 1. The first-order chi connectivity index (χ1) is 13.6. The van der Waals surface area contributed by atoms with Crippen molar-refractivity contribution in [1.29, 1.82) is 0 Å². The summed E-state index contributed by atoms with van der Waals surface area (Å²) in [7, 11) is 0. The summed E-state index contributed by atoms with van der Waals surface area (Å²) in [6, 6.07) is 15.8. The molecule has 2 aromatic rings. The van der Waals surface area contributed by atoms with Crippen molar-refractivity contribution in [3.8, 4) is 0 Å². The van der Waals surface area contributed by atoms with Gasteiger partial charge in [-0.05, 0) is 55.7 Å².